The number of ether oxygens (including phenoxy) is 1. The maximum Gasteiger partial charge on any atom is 0.341 e. The summed E-state index contributed by atoms with van der Waals surface area (Å²) >= 11 is 5.98. The molecule has 2 rings (SSSR count). The van der Waals surface area contributed by atoms with Gasteiger partial charge in [-0.2, -0.15) is 5.10 Å². The molecular formula is C12H9ClN2O4. The Morgan fingerprint density at radius 3 is 2.74 bits per heavy atom. The van der Waals surface area contributed by atoms with Crippen LogP contribution in [0.2, 0.25) is 5.02 Å². The van der Waals surface area contributed by atoms with Gasteiger partial charge in [0.2, 0.25) is 0 Å². The predicted molar refractivity (Wildman–Crippen MR) is 68.4 cm³/mol. The molecule has 0 fully saturated rings. The summed E-state index contributed by atoms with van der Waals surface area (Å²) in [5.41, 5.74) is 0.937. The van der Waals surface area contributed by atoms with Gasteiger partial charge in [0.25, 0.3) is 5.56 Å². The quantitative estimate of drug-likeness (QED) is 0.886. The number of benzene rings is 1. The molecule has 0 saturated heterocycles. The largest absolute Gasteiger partial charge is 0.480 e. The van der Waals surface area contributed by atoms with E-state index in [2.05, 4.69) is 10.2 Å². The van der Waals surface area contributed by atoms with Gasteiger partial charge in [-0.3, -0.25) is 4.79 Å². The van der Waals surface area contributed by atoms with Crippen molar-refractivity contribution in [3.63, 3.8) is 0 Å². The number of carbonyl (C=O) groups is 1. The van der Waals surface area contributed by atoms with Crippen molar-refractivity contribution in [2.75, 3.05) is 6.61 Å². The van der Waals surface area contributed by atoms with Crippen LogP contribution in [0.5, 0.6) is 5.75 Å². The third-order valence-electron chi connectivity index (χ3n) is 2.26. The summed E-state index contributed by atoms with van der Waals surface area (Å²) in [6.45, 7) is -0.462. The summed E-state index contributed by atoms with van der Waals surface area (Å²) in [6, 6.07) is 7.71. The van der Waals surface area contributed by atoms with Crippen molar-refractivity contribution in [2.45, 2.75) is 0 Å². The highest BCUT2D eigenvalue weighted by atomic mass is 35.5. The number of rotatable bonds is 4. The van der Waals surface area contributed by atoms with Crippen LogP contribution in [0.25, 0.3) is 11.3 Å². The molecule has 6 nitrogen and oxygen atoms in total. The van der Waals surface area contributed by atoms with Gasteiger partial charge in [0.05, 0.1) is 10.7 Å². The minimum Gasteiger partial charge on any atom is -0.480 e. The van der Waals surface area contributed by atoms with Crippen LogP contribution in [0.1, 0.15) is 0 Å². The lowest BCUT2D eigenvalue weighted by atomic mass is 10.1. The number of hydrogen-bond acceptors (Lipinski definition) is 4. The molecule has 2 N–H and O–H groups in total. The number of aliphatic carboxylic acids is 1. The molecule has 0 bridgehead atoms. The number of nitrogens with one attached hydrogen (secondary N) is 1. The van der Waals surface area contributed by atoms with Crippen LogP contribution < -0.4 is 10.3 Å². The second-order valence-corrected chi connectivity index (χ2v) is 4.04. The molecule has 19 heavy (non-hydrogen) atoms. The van der Waals surface area contributed by atoms with E-state index in [1.54, 1.807) is 24.3 Å². The van der Waals surface area contributed by atoms with Crippen molar-refractivity contribution in [1.82, 2.24) is 10.2 Å². The zero-order valence-corrected chi connectivity index (χ0v) is 10.3. The van der Waals surface area contributed by atoms with E-state index in [0.29, 0.717) is 11.3 Å². The van der Waals surface area contributed by atoms with Gasteiger partial charge >= 0.3 is 5.97 Å². The van der Waals surface area contributed by atoms with Crippen LogP contribution in [-0.4, -0.2) is 27.9 Å². The first-order valence-corrected chi connectivity index (χ1v) is 5.64. The zero-order valence-electron chi connectivity index (χ0n) is 9.59. The fourth-order valence-corrected chi connectivity index (χ4v) is 1.66. The van der Waals surface area contributed by atoms with Gasteiger partial charge in [0.15, 0.2) is 6.61 Å². The number of hydrogen-bond donors (Lipinski definition) is 2. The minimum atomic E-state index is -1.08. The molecule has 1 heterocycles. The first-order chi connectivity index (χ1) is 9.06. The molecule has 0 atom stereocenters. The molecule has 7 heteroatoms. The number of aromatic amines is 1. The van der Waals surface area contributed by atoms with Crippen LogP contribution in [-0.2, 0) is 4.79 Å². The molecule has 0 amide bonds. The van der Waals surface area contributed by atoms with Gasteiger partial charge in [0.1, 0.15) is 5.75 Å². The topological polar surface area (TPSA) is 92.3 Å². The van der Waals surface area contributed by atoms with Crippen LogP contribution >= 0.6 is 11.6 Å². The smallest absolute Gasteiger partial charge is 0.341 e. The number of halogens is 1. The second kappa shape index (κ2) is 5.53. The highest BCUT2D eigenvalue weighted by Gasteiger charge is 2.07. The van der Waals surface area contributed by atoms with Crippen molar-refractivity contribution in [3.05, 3.63) is 45.7 Å². The minimum absolute atomic E-state index is 0.270. The van der Waals surface area contributed by atoms with E-state index in [-0.39, 0.29) is 16.3 Å². The average Bonchev–Trinajstić information content (AvgIpc) is 2.38. The molecule has 1 aromatic carbocycles. The first kappa shape index (κ1) is 13.1. The molecule has 0 aliphatic rings. The van der Waals surface area contributed by atoms with E-state index in [1.807, 2.05) is 0 Å². The van der Waals surface area contributed by atoms with Gasteiger partial charge in [-0.15, -0.1) is 0 Å². The molecule has 0 aliphatic carbocycles. The standard InChI is InChI=1S/C12H9ClN2O4/c13-8-5-7(9-2-4-11(16)15-14-9)1-3-10(8)19-6-12(17)18/h1-5H,6H2,(H,15,16)(H,17,18). The molecule has 2 aromatic rings. The normalized spacial score (nSPS) is 10.2. The second-order valence-electron chi connectivity index (χ2n) is 3.63. The Kier molecular flexibility index (Phi) is 3.82. The molecule has 1 aromatic heterocycles. The Morgan fingerprint density at radius 2 is 2.16 bits per heavy atom. The first-order valence-electron chi connectivity index (χ1n) is 5.26. The van der Waals surface area contributed by atoms with Crippen molar-refractivity contribution >= 4 is 17.6 Å². The molecule has 0 saturated carbocycles. The van der Waals surface area contributed by atoms with E-state index in [1.165, 1.54) is 6.07 Å². The third-order valence-corrected chi connectivity index (χ3v) is 2.55. The lowest BCUT2D eigenvalue weighted by Gasteiger charge is -2.07. The van der Waals surface area contributed by atoms with Gasteiger partial charge in [-0.1, -0.05) is 11.6 Å². The molecule has 0 unspecified atom stereocenters. The van der Waals surface area contributed by atoms with Crippen LogP contribution in [0, 0.1) is 0 Å². The summed E-state index contributed by atoms with van der Waals surface area (Å²) in [4.78, 5) is 21.3. The SMILES string of the molecule is O=C(O)COc1ccc(-c2ccc(=O)[nH]n2)cc1Cl. The van der Waals surface area contributed by atoms with E-state index in [9.17, 15) is 9.59 Å². The number of carboxylic acids is 1. The fraction of sp³-hybridized carbons (Fsp3) is 0.0833. The predicted octanol–water partition coefficient (Wildman–Crippen LogP) is 1.55. The number of H-pyrrole nitrogens is 1. The number of carboxylic acid groups (broad SMARTS) is 1. The van der Waals surface area contributed by atoms with Crippen molar-refractivity contribution in [3.8, 4) is 17.0 Å². The number of nitrogens with zero attached hydrogens (tertiary/aromatic N) is 1. The molecule has 98 valence electrons. The van der Waals surface area contributed by atoms with E-state index in [0.717, 1.165) is 0 Å². The number of aromatic nitrogens is 2. The fourth-order valence-electron chi connectivity index (χ4n) is 1.42. The average molecular weight is 281 g/mol. The van der Waals surface area contributed by atoms with Crippen molar-refractivity contribution in [2.24, 2.45) is 0 Å². The third kappa shape index (κ3) is 3.32. The van der Waals surface area contributed by atoms with Crippen molar-refractivity contribution < 1.29 is 14.6 Å². The Bertz CT molecular complexity index is 649. The van der Waals surface area contributed by atoms with Crippen LogP contribution in [0.4, 0.5) is 0 Å². The van der Waals surface area contributed by atoms with Gasteiger partial charge in [0, 0.05) is 11.6 Å². The van der Waals surface area contributed by atoms with E-state index >= 15 is 0 Å². The summed E-state index contributed by atoms with van der Waals surface area (Å²) in [5.74, 6) is -0.806. The Hall–Kier alpha value is -2.34. The molecule has 0 aliphatic heterocycles. The van der Waals surface area contributed by atoms with Gasteiger partial charge in [-0.25, -0.2) is 9.89 Å². The molecule has 0 radical (unpaired) electrons. The Balaban J connectivity index is 2.25. The molecular weight excluding hydrogens is 272 g/mol. The van der Waals surface area contributed by atoms with E-state index < -0.39 is 12.6 Å². The van der Waals surface area contributed by atoms with Crippen LogP contribution in [0.15, 0.2) is 35.1 Å². The lowest BCUT2D eigenvalue weighted by Crippen LogP contribution is -2.09. The monoisotopic (exact) mass is 280 g/mol. The zero-order chi connectivity index (χ0) is 13.8. The Labute approximate surface area is 112 Å². The summed E-state index contributed by atoms with van der Waals surface area (Å²) in [5, 5.41) is 15.0. The summed E-state index contributed by atoms with van der Waals surface area (Å²) in [6.07, 6.45) is 0. The highest BCUT2D eigenvalue weighted by molar-refractivity contribution is 6.32. The Morgan fingerprint density at radius 1 is 1.37 bits per heavy atom. The van der Waals surface area contributed by atoms with Gasteiger partial charge in [-0.05, 0) is 24.3 Å². The molecule has 0 spiro atoms. The van der Waals surface area contributed by atoms with Gasteiger partial charge < -0.3 is 9.84 Å². The van der Waals surface area contributed by atoms with E-state index in [4.69, 9.17) is 21.4 Å². The summed E-state index contributed by atoms with van der Waals surface area (Å²) in [7, 11) is 0. The highest BCUT2D eigenvalue weighted by Crippen LogP contribution is 2.29. The maximum atomic E-state index is 10.9. The van der Waals surface area contributed by atoms with Crippen molar-refractivity contribution in [1.29, 1.82) is 0 Å². The maximum absolute atomic E-state index is 10.9. The lowest BCUT2D eigenvalue weighted by molar-refractivity contribution is -0.139. The summed E-state index contributed by atoms with van der Waals surface area (Å²) < 4.78 is 5.00. The van der Waals surface area contributed by atoms with Crippen LogP contribution in [0.3, 0.4) is 0 Å².